The minimum atomic E-state index is -2.51. The number of hydrogen-bond donors (Lipinski definition) is 0. The molecule has 0 aromatic heterocycles. The van der Waals surface area contributed by atoms with Crippen LogP contribution in [-0.4, -0.2) is 57.3 Å². The van der Waals surface area contributed by atoms with Crippen LogP contribution in [0.1, 0.15) is 41.5 Å². The Morgan fingerprint density at radius 1 is 0.609 bits per heavy atom. The molecule has 0 unspecified atom stereocenters. The van der Waals surface area contributed by atoms with E-state index in [0.717, 1.165) is 0 Å². The van der Waals surface area contributed by atoms with Crippen LogP contribution in [0.4, 0.5) is 0 Å². The summed E-state index contributed by atoms with van der Waals surface area (Å²) in [5.74, 6) is 0. The molecule has 0 spiro atoms. The third kappa shape index (κ3) is 12.0. The van der Waals surface area contributed by atoms with Crippen LogP contribution < -0.4 is 0 Å². The van der Waals surface area contributed by atoms with Crippen molar-refractivity contribution in [3.05, 3.63) is 12.3 Å². The standard InChI is InChI=1S/C8H18O3Si.C7H18O3Si/c1-5-9-12(8-4,10-6-2)11-7-3;1-5-8-11(4,9-6-2)10-7-3/h8H,4-7H2,1-3H3;5-7H2,1-4H3. The second-order valence-electron chi connectivity index (χ2n) is 4.27. The highest BCUT2D eigenvalue weighted by Crippen LogP contribution is 2.10. The van der Waals surface area contributed by atoms with Gasteiger partial charge in [-0.05, 0) is 47.2 Å². The smallest absolute Gasteiger partial charge is 0.374 e. The van der Waals surface area contributed by atoms with Crippen molar-refractivity contribution in [3.8, 4) is 0 Å². The van der Waals surface area contributed by atoms with Gasteiger partial charge in [-0.15, -0.1) is 0 Å². The first-order valence-electron chi connectivity index (χ1n) is 8.40. The highest BCUT2D eigenvalue weighted by molar-refractivity contribution is 6.66. The molecule has 0 aliphatic rings. The van der Waals surface area contributed by atoms with Gasteiger partial charge < -0.3 is 26.6 Å². The SMILES string of the molecule is C=C[Si](OCC)(OCC)OCC.CCO[Si](C)(OCC)OCC. The molecule has 0 saturated heterocycles. The molecular weight excluding hydrogens is 332 g/mol. The third-order valence-corrected chi connectivity index (χ3v) is 7.52. The fourth-order valence-corrected chi connectivity index (χ4v) is 5.45. The average Bonchev–Trinajstić information content (AvgIpc) is 2.49. The lowest BCUT2D eigenvalue weighted by Crippen LogP contribution is -2.44. The predicted octanol–water partition coefficient (Wildman–Crippen LogP) is 3.42. The average molecular weight is 369 g/mol. The van der Waals surface area contributed by atoms with Crippen LogP contribution in [0.5, 0.6) is 0 Å². The largest absolute Gasteiger partial charge is 0.528 e. The summed E-state index contributed by atoms with van der Waals surface area (Å²) < 4.78 is 32.5. The van der Waals surface area contributed by atoms with E-state index < -0.39 is 17.6 Å². The van der Waals surface area contributed by atoms with Crippen LogP contribution in [0.2, 0.25) is 6.55 Å². The summed E-state index contributed by atoms with van der Waals surface area (Å²) in [6, 6.07) is 0. The van der Waals surface area contributed by atoms with Crippen LogP contribution in [-0.2, 0) is 26.6 Å². The maximum atomic E-state index is 5.44. The molecule has 6 nitrogen and oxygen atoms in total. The highest BCUT2D eigenvalue weighted by atomic mass is 28.4. The Hall–Kier alpha value is -0.0662. The maximum Gasteiger partial charge on any atom is 0.528 e. The first kappa shape index (κ1) is 25.2. The van der Waals surface area contributed by atoms with Crippen molar-refractivity contribution in [1.29, 1.82) is 0 Å². The van der Waals surface area contributed by atoms with E-state index in [0.29, 0.717) is 39.6 Å². The van der Waals surface area contributed by atoms with Gasteiger partial charge in [0.15, 0.2) is 0 Å². The third-order valence-electron chi connectivity index (χ3n) is 2.51. The molecule has 23 heavy (non-hydrogen) atoms. The summed E-state index contributed by atoms with van der Waals surface area (Å²) in [5, 5.41) is 0. The Bertz CT molecular complexity index is 245. The monoisotopic (exact) mass is 368 g/mol. The van der Waals surface area contributed by atoms with Crippen LogP contribution in [0, 0.1) is 0 Å². The summed E-state index contributed by atoms with van der Waals surface area (Å²) in [7, 11) is -4.76. The molecule has 0 rings (SSSR count). The van der Waals surface area contributed by atoms with E-state index in [2.05, 4.69) is 6.58 Å². The van der Waals surface area contributed by atoms with E-state index in [9.17, 15) is 0 Å². The molecule has 0 heterocycles. The van der Waals surface area contributed by atoms with Crippen molar-refractivity contribution in [2.45, 2.75) is 48.1 Å². The Kier molecular flexibility index (Phi) is 16.9. The molecule has 0 fully saturated rings. The lowest BCUT2D eigenvalue weighted by molar-refractivity contribution is 0.0782. The molecule has 0 N–H and O–H groups in total. The van der Waals surface area contributed by atoms with Crippen molar-refractivity contribution in [2.75, 3.05) is 39.6 Å². The van der Waals surface area contributed by atoms with Crippen molar-refractivity contribution in [3.63, 3.8) is 0 Å². The molecule has 0 atom stereocenters. The molecule has 8 heteroatoms. The van der Waals surface area contributed by atoms with Crippen LogP contribution in [0.3, 0.4) is 0 Å². The Labute approximate surface area is 144 Å². The lowest BCUT2D eigenvalue weighted by atomic mass is 10.9. The van der Waals surface area contributed by atoms with E-state index in [4.69, 9.17) is 26.6 Å². The fraction of sp³-hybridized carbons (Fsp3) is 0.867. The molecule has 0 aliphatic carbocycles. The van der Waals surface area contributed by atoms with Gasteiger partial charge in [-0.25, -0.2) is 0 Å². The van der Waals surface area contributed by atoms with Crippen molar-refractivity contribution in [1.82, 2.24) is 0 Å². The second-order valence-corrected chi connectivity index (χ2v) is 9.34. The van der Waals surface area contributed by atoms with Gasteiger partial charge in [-0.2, -0.15) is 0 Å². The Morgan fingerprint density at radius 3 is 1.04 bits per heavy atom. The second kappa shape index (κ2) is 15.5. The van der Waals surface area contributed by atoms with Gasteiger partial charge in [-0.3, -0.25) is 0 Å². The van der Waals surface area contributed by atoms with Gasteiger partial charge in [0.05, 0.1) is 0 Å². The number of rotatable bonds is 13. The van der Waals surface area contributed by atoms with Gasteiger partial charge in [0.1, 0.15) is 0 Å². The van der Waals surface area contributed by atoms with Crippen LogP contribution in [0.15, 0.2) is 12.3 Å². The summed E-state index contributed by atoms with van der Waals surface area (Å²) in [6.07, 6.45) is 0. The Morgan fingerprint density at radius 2 is 0.870 bits per heavy atom. The van der Waals surface area contributed by atoms with Gasteiger partial charge in [0.2, 0.25) is 0 Å². The summed E-state index contributed by atoms with van der Waals surface area (Å²) in [4.78, 5) is 0. The molecule has 0 aliphatic heterocycles. The fourth-order valence-electron chi connectivity index (χ4n) is 1.82. The van der Waals surface area contributed by atoms with E-state index in [1.165, 1.54) is 0 Å². The first-order valence-corrected chi connectivity index (χ1v) is 12.4. The molecular formula is C15H36O6Si2. The summed E-state index contributed by atoms with van der Waals surface area (Å²) >= 11 is 0. The van der Waals surface area contributed by atoms with Gasteiger partial charge in [0.25, 0.3) is 0 Å². The molecule has 140 valence electrons. The normalized spacial score (nSPS) is 11.8. The van der Waals surface area contributed by atoms with E-state index in [-0.39, 0.29) is 0 Å². The molecule has 0 aromatic rings. The summed E-state index contributed by atoms with van der Waals surface area (Å²) in [6.45, 7) is 21.0. The van der Waals surface area contributed by atoms with E-state index in [1.54, 1.807) is 5.70 Å². The zero-order valence-electron chi connectivity index (χ0n) is 16.0. The van der Waals surface area contributed by atoms with E-state index >= 15 is 0 Å². The van der Waals surface area contributed by atoms with Crippen LogP contribution >= 0.6 is 0 Å². The highest BCUT2D eigenvalue weighted by Gasteiger charge is 2.36. The van der Waals surface area contributed by atoms with Crippen molar-refractivity contribution >= 4 is 17.6 Å². The van der Waals surface area contributed by atoms with Gasteiger partial charge >= 0.3 is 17.6 Å². The van der Waals surface area contributed by atoms with Gasteiger partial charge in [0, 0.05) is 46.2 Å². The van der Waals surface area contributed by atoms with Crippen LogP contribution in [0.25, 0.3) is 0 Å². The topological polar surface area (TPSA) is 55.4 Å². The Balaban J connectivity index is 0. The van der Waals surface area contributed by atoms with Gasteiger partial charge in [-0.1, -0.05) is 6.58 Å². The lowest BCUT2D eigenvalue weighted by Gasteiger charge is -2.24. The van der Waals surface area contributed by atoms with Crippen molar-refractivity contribution in [2.24, 2.45) is 0 Å². The molecule has 0 amide bonds. The quantitative estimate of drug-likeness (QED) is 0.464. The number of hydrogen-bond acceptors (Lipinski definition) is 6. The zero-order valence-corrected chi connectivity index (χ0v) is 18.0. The minimum Gasteiger partial charge on any atom is -0.374 e. The van der Waals surface area contributed by atoms with E-state index in [1.807, 2.05) is 48.1 Å². The minimum absolute atomic E-state index is 0.595. The zero-order chi connectivity index (χ0) is 18.2. The molecule has 0 bridgehead atoms. The molecule has 0 aromatic carbocycles. The van der Waals surface area contributed by atoms with Crippen molar-refractivity contribution < 1.29 is 26.6 Å². The molecule has 0 saturated carbocycles. The molecule has 0 radical (unpaired) electrons. The maximum absolute atomic E-state index is 5.44. The first-order chi connectivity index (χ1) is 10.9. The predicted molar refractivity (Wildman–Crippen MR) is 97.3 cm³/mol. The summed E-state index contributed by atoms with van der Waals surface area (Å²) in [5.41, 5.74) is 1.67.